The summed E-state index contributed by atoms with van der Waals surface area (Å²) in [6.45, 7) is 0.594. The fraction of sp³-hybridized carbons (Fsp3) is 0.857. The molecule has 0 aromatic carbocycles. The van der Waals surface area contributed by atoms with Crippen molar-refractivity contribution in [3.8, 4) is 0 Å². The maximum absolute atomic E-state index is 12.0. The van der Waals surface area contributed by atoms with Gasteiger partial charge in [0.1, 0.15) is 0 Å². The van der Waals surface area contributed by atoms with E-state index in [1.54, 1.807) is 4.90 Å². The minimum atomic E-state index is -4.14. The van der Waals surface area contributed by atoms with Gasteiger partial charge in [-0.1, -0.05) is 0 Å². The molecular formula is C7H14F3N5. The van der Waals surface area contributed by atoms with Crippen molar-refractivity contribution in [1.29, 1.82) is 0 Å². The highest BCUT2D eigenvalue weighted by molar-refractivity contribution is 5.77. The zero-order valence-electron chi connectivity index (χ0n) is 8.17. The molecule has 0 spiro atoms. The molecule has 1 aliphatic heterocycles. The Morgan fingerprint density at radius 2 is 1.73 bits per heavy atom. The topological polar surface area (TPSA) is 70.9 Å². The molecule has 4 N–H and O–H groups in total. The molecule has 0 aliphatic carbocycles. The molecule has 1 heterocycles. The van der Waals surface area contributed by atoms with Crippen molar-refractivity contribution in [2.24, 2.45) is 16.7 Å². The predicted octanol–water partition coefficient (Wildman–Crippen LogP) is -0.645. The van der Waals surface area contributed by atoms with Gasteiger partial charge in [0.15, 0.2) is 0 Å². The lowest BCUT2D eigenvalue weighted by molar-refractivity contribution is -0.148. The Morgan fingerprint density at radius 3 is 2.13 bits per heavy atom. The average molecular weight is 225 g/mol. The number of hydrogen-bond acceptors (Lipinski definition) is 3. The minimum Gasteiger partial charge on any atom is -0.368 e. The first-order valence-electron chi connectivity index (χ1n) is 4.50. The second-order valence-corrected chi connectivity index (χ2v) is 3.37. The van der Waals surface area contributed by atoms with Crippen LogP contribution in [0.1, 0.15) is 0 Å². The van der Waals surface area contributed by atoms with E-state index in [-0.39, 0.29) is 5.96 Å². The van der Waals surface area contributed by atoms with E-state index in [9.17, 15) is 13.2 Å². The fourth-order valence-corrected chi connectivity index (χ4v) is 1.47. The molecule has 1 rings (SSSR count). The molecule has 0 aromatic rings. The van der Waals surface area contributed by atoms with Gasteiger partial charge in [0.05, 0.1) is 6.54 Å². The zero-order valence-corrected chi connectivity index (χ0v) is 8.17. The second kappa shape index (κ2) is 4.56. The van der Waals surface area contributed by atoms with Gasteiger partial charge in [-0.2, -0.15) is 13.2 Å². The average Bonchev–Trinajstić information content (AvgIpc) is 2.15. The summed E-state index contributed by atoms with van der Waals surface area (Å²) in [7, 11) is 0. The van der Waals surface area contributed by atoms with Crippen LogP contribution in [-0.2, 0) is 0 Å². The number of halogens is 3. The Balaban J connectivity index is 2.36. The number of nitrogens with zero attached hydrogens (tertiary/aromatic N) is 3. The Labute approximate surface area is 85.5 Å². The van der Waals surface area contributed by atoms with Gasteiger partial charge in [-0.25, -0.2) is 0 Å². The lowest BCUT2D eigenvalue weighted by atomic mass is 10.3. The minimum absolute atomic E-state index is 0.168. The van der Waals surface area contributed by atoms with Gasteiger partial charge >= 0.3 is 6.18 Å². The van der Waals surface area contributed by atoms with Crippen molar-refractivity contribution < 1.29 is 13.2 Å². The summed E-state index contributed by atoms with van der Waals surface area (Å²) in [6.07, 6.45) is -4.14. The summed E-state index contributed by atoms with van der Waals surface area (Å²) >= 11 is 0. The van der Waals surface area contributed by atoms with Gasteiger partial charge < -0.3 is 16.5 Å². The third-order valence-corrected chi connectivity index (χ3v) is 2.23. The number of rotatable bonds is 1. The Bertz CT molecular complexity index is 231. The molecule has 0 aromatic heterocycles. The zero-order chi connectivity index (χ0) is 11.5. The summed E-state index contributed by atoms with van der Waals surface area (Å²) in [4.78, 5) is 2.99. The largest absolute Gasteiger partial charge is 0.401 e. The quantitative estimate of drug-likeness (QED) is 0.269. The van der Waals surface area contributed by atoms with Gasteiger partial charge in [0.2, 0.25) is 5.96 Å². The van der Waals surface area contributed by atoms with Crippen LogP contribution in [-0.4, -0.2) is 54.7 Å². The van der Waals surface area contributed by atoms with Crippen LogP contribution < -0.4 is 11.6 Å². The Hall–Kier alpha value is -1.18. The molecule has 0 saturated carbocycles. The van der Waals surface area contributed by atoms with Crippen LogP contribution in [0.25, 0.3) is 0 Å². The van der Waals surface area contributed by atoms with Crippen LogP contribution in [0.4, 0.5) is 13.2 Å². The molecule has 8 heteroatoms. The van der Waals surface area contributed by atoms with Crippen LogP contribution in [0.3, 0.4) is 0 Å². The van der Waals surface area contributed by atoms with Crippen molar-refractivity contribution in [3.05, 3.63) is 0 Å². The lowest BCUT2D eigenvalue weighted by Gasteiger charge is -2.35. The molecule has 1 fully saturated rings. The van der Waals surface area contributed by atoms with Gasteiger partial charge in [-0.05, 0) is 0 Å². The number of guanidine groups is 1. The summed E-state index contributed by atoms with van der Waals surface area (Å²) in [5.41, 5.74) is 5.43. The molecule has 0 bridgehead atoms. The van der Waals surface area contributed by atoms with E-state index < -0.39 is 12.7 Å². The molecule has 1 aliphatic rings. The SMILES string of the molecule is NN=C(N)N1CCN(CC(F)(F)F)CC1. The molecule has 0 unspecified atom stereocenters. The molecule has 5 nitrogen and oxygen atoms in total. The van der Waals surface area contributed by atoms with E-state index in [4.69, 9.17) is 11.6 Å². The summed E-state index contributed by atoms with van der Waals surface area (Å²) < 4.78 is 36.1. The number of hydrazone groups is 1. The van der Waals surface area contributed by atoms with Crippen LogP contribution >= 0.6 is 0 Å². The smallest absolute Gasteiger partial charge is 0.368 e. The van der Waals surface area contributed by atoms with Gasteiger partial charge in [0.25, 0.3) is 0 Å². The molecule has 0 atom stereocenters. The second-order valence-electron chi connectivity index (χ2n) is 3.37. The standard InChI is InChI=1S/C7H14F3N5/c8-7(9,10)5-14-1-3-15(4-2-14)6(11)13-12/h1-5,12H2,(H2,11,13). The van der Waals surface area contributed by atoms with Crippen molar-refractivity contribution in [2.75, 3.05) is 32.7 Å². The third kappa shape index (κ3) is 3.82. The van der Waals surface area contributed by atoms with Crippen molar-refractivity contribution >= 4 is 5.96 Å². The highest BCUT2D eigenvalue weighted by Gasteiger charge is 2.32. The van der Waals surface area contributed by atoms with Crippen molar-refractivity contribution in [1.82, 2.24) is 9.80 Å². The fourth-order valence-electron chi connectivity index (χ4n) is 1.47. The third-order valence-electron chi connectivity index (χ3n) is 2.23. The molecule has 0 radical (unpaired) electrons. The number of nitrogens with two attached hydrogens (primary N) is 2. The van der Waals surface area contributed by atoms with E-state index in [1.807, 2.05) is 0 Å². The number of alkyl halides is 3. The summed E-state index contributed by atoms with van der Waals surface area (Å²) in [5, 5.41) is 3.29. The van der Waals surface area contributed by atoms with E-state index >= 15 is 0 Å². The molecular weight excluding hydrogens is 211 g/mol. The predicted molar refractivity (Wildman–Crippen MR) is 49.9 cm³/mol. The summed E-state index contributed by atoms with van der Waals surface area (Å²) in [5.74, 6) is 5.14. The summed E-state index contributed by atoms with van der Waals surface area (Å²) in [6, 6.07) is 0. The van der Waals surface area contributed by atoms with Crippen LogP contribution in [0.5, 0.6) is 0 Å². The maximum Gasteiger partial charge on any atom is 0.401 e. The van der Waals surface area contributed by atoms with Crippen LogP contribution in [0.15, 0.2) is 5.10 Å². The van der Waals surface area contributed by atoms with Gasteiger partial charge in [-0.15, -0.1) is 5.10 Å². The van der Waals surface area contributed by atoms with E-state index in [0.717, 1.165) is 0 Å². The van der Waals surface area contributed by atoms with Gasteiger partial charge in [-0.3, -0.25) is 4.90 Å². The monoisotopic (exact) mass is 225 g/mol. The molecule has 0 amide bonds. The Morgan fingerprint density at radius 1 is 1.20 bits per heavy atom. The highest BCUT2D eigenvalue weighted by Crippen LogP contribution is 2.17. The maximum atomic E-state index is 12.0. The molecule has 88 valence electrons. The normalized spacial score (nSPS) is 20.7. The van der Waals surface area contributed by atoms with E-state index in [2.05, 4.69) is 5.10 Å². The van der Waals surface area contributed by atoms with Crippen LogP contribution in [0, 0.1) is 0 Å². The first-order valence-corrected chi connectivity index (χ1v) is 4.50. The Kier molecular flexibility index (Phi) is 3.61. The first-order chi connectivity index (χ1) is 6.92. The van der Waals surface area contributed by atoms with E-state index in [1.165, 1.54) is 4.90 Å². The van der Waals surface area contributed by atoms with Crippen molar-refractivity contribution in [3.63, 3.8) is 0 Å². The van der Waals surface area contributed by atoms with E-state index in [0.29, 0.717) is 26.2 Å². The molecule has 1 saturated heterocycles. The molecule has 15 heavy (non-hydrogen) atoms. The number of hydrogen-bond donors (Lipinski definition) is 2. The lowest BCUT2D eigenvalue weighted by Crippen LogP contribution is -2.53. The number of piperazine rings is 1. The first kappa shape index (κ1) is 11.9. The van der Waals surface area contributed by atoms with Gasteiger partial charge in [0, 0.05) is 26.2 Å². The van der Waals surface area contributed by atoms with Crippen molar-refractivity contribution in [2.45, 2.75) is 6.18 Å². The highest BCUT2D eigenvalue weighted by atomic mass is 19.4. The van der Waals surface area contributed by atoms with Crippen LogP contribution in [0.2, 0.25) is 0 Å².